The zero-order valence-electron chi connectivity index (χ0n) is 41.2. The predicted octanol–water partition coefficient (Wildman–Crippen LogP) is 10.8. The van der Waals surface area contributed by atoms with Crippen molar-refractivity contribution in [2.45, 2.75) is 169 Å². The molecule has 1 aliphatic rings. The van der Waals surface area contributed by atoms with Gasteiger partial charge in [0.05, 0.1) is 0 Å². The smallest absolute Gasteiger partial charge is 1.00 e. The molecule has 0 saturated carbocycles. The van der Waals surface area contributed by atoms with Crippen LogP contribution in [0, 0.1) is 6.07 Å². The van der Waals surface area contributed by atoms with Gasteiger partial charge in [-0.2, -0.15) is 41.0 Å². The zero-order chi connectivity index (χ0) is 47.9. The second kappa shape index (κ2) is 21.2. The van der Waals surface area contributed by atoms with Crippen LogP contribution in [-0.2, 0) is 76.5 Å². The van der Waals surface area contributed by atoms with Crippen molar-refractivity contribution in [3.05, 3.63) is 158 Å². The number of hydrogen-bond donors (Lipinski definition) is 0. The molecule has 0 fully saturated rings. The summed E-state index contributed by atoms with van der Waals surface area (Å²) in [4.78, 5) is 0. The summed E-state index contributed by atoms with van der Waals surface area (Å²) in [5.74, 6) is 0. The molecule has 0 aliphatic heterocycles. The minimum atomic E-state index is -4.49. The third kappa shape index (κ3) is 15.1. The summed E-state index contributed by atoms with van der Waals surface area (Å²) < 4.78 is 76.7. The van der Waals surface area contributed by atoms with Crippen molar-refractivity contribution in [1.29, 1.82) is 0 Å². The first-order chi connectivity index (χ1) is 28.5. The van der Waals surface area contributed by atoms with E-state index in [1.54, 1.807) is 0 Å². The van der Waals surface area contributed by atoms with Crippen molar-refractivity contribution in [1.82, 2.24) is 0 Å². The van der Waals surface area contributed by atoms with Crippen molar-refractivity contribution in [3.8, 4) is 11.1 Å². The van der Waals surface area contributed by atoms with Crippen LogP contribution in [0.5, 0.6) is 0 Å². The van der Waals surface area contributed by atoms with Crippen molar-refractivity contribution >= 4 is 3.21 Å². The Hall–Kier alpha value is -2.86. The van der Waals surface area contributed by atoms with Gasteiger partial charge in [0.1, 0.15) is 0 Å². The molecule has 1 aliphatic carbocycles. The minimum absolute atomic E-state index is 0. The molecule has 65 heavy (non-hydrogen) atoms. The molecule has 9 heteroatoms. The first-order valence-corrected chi connectivity index (χ1v) is 23.2. The molecule has 0 spiro atoms. The van der Waals surface area contributed by atoms with Gasteiger partial charge in [-0.25, -0.2) is 6.07 Å². The Bertz CT molecular complexity index is 2260. The van der Waals surface area contributed by atoms with Crippen LogP contribution < -0.4 is 24.8 Å². The summed E-state index contributed by atoms with van der Waals surface area (Å²) in [6.07, 6.45) is -5.50. The SMILES string of the molecule is CC(C)(C)c1[c-]c2c(cc1C(C)(C)C)-c1cc(C(C)(C)C)c(C(C)(C)C)cc1C2.CCCc1cc(C(C)(C)C)c[cH-]1.FC(F)(F)c1cccc([C](=[Zr+2])c2cccc(C(F)(F)F)c2)c1.[Cl-].[Cl-]. The Morgan fingerprint density at radius 1 is 0.554 bits per heavy atom. The van der Waals surface area contributed by atoms with Crippen LogP contribution in [0.15, 0.2) is 84.9 Å². The van der Waals surface area contributed by atoms with Crippen molar-refractivity contribution in [2.24, 2.45) is 0 Å². The molecule has 0 nitrogen and oxygen atoms in total. The van der Waals surface area contributed by atoms with Gasteiger partial charge < -0.3 is 24.8 Å². The second-order valence-electron chi connectivity index (χ2n) is 22.2. The molecule has 0 N–H and O–H groups in total. The standard InChI is InChI=1S/C29H41.C15H8F6.C12H19.2ClH.Zr/c1-26(2,3)22-14-18-13-19-15-23(27(4,5)6)25(29(10,11)12)17-21(19)20(18)16-24(22)28(7,8)9;16-14(17,18)12-5-1-3-10(8-12)7-11-4-2-6-13(9-11)15(19,20)21;1-5-6-10-7-8-11(9-10)12(2,3)4;;;/h14,16-17H,13H2,1-12H3;1-6,8-9H;7-9H,5-6H2,1-4H3;2*1H;/q-1;;-1;;;+2/p-2. The van der Waals surface area contributed by atoms with Crippen LogP contribution in [0.25, 0.3) is 11.1 Å². The molecule has 6 rings (SSSR count). The van der Waals surface area contributed by atoms with E-state index in [0.29, 0.717) is 8.62 Å². The van der Waals surface area contributed by atoms with E-state index < -0.39 is 23.5 Å². The van der Waals surface area contributed by atoms with E-state index in [1.165, 1.54) is 92.7 Å². The fraction of sp³-hybridized carbons (Fsp3) is 0.464. The molecule has 0 amide bonds. The van der Waals surface area contributed by atoms with Gasteiger partial charge in [-0.3, -0.25) is 0 Å². The predicted molar refractivity (Wildman–Crippen MR) is 249 cm³/mol. The molecule has 0 aromatic heterocycles. The molecule has 0 bridgehead atoms. The topological polar surface area (TPSA) is 0 Å². The quantitative estimate of drug-likeness (QED) is 0.122. The number of aryl methyl sites for hydroxylation is 1. The molecular formula is C56H68Cl2F6Zr-2. The third-order valence-corrected chi connectivity index (χ3v) is 12.8. The van der Waals surface area contributed by atoms with Crippen molar-refractivity contribution in [3.63, 3.8) is 0 Å². The Labute approximate surface area is 414 Å². The van der Waals surface area contributed by atoms with E-state index in [0.717, 1.165) is 54.9 Å². The maximum atomic E-state index is 12.7. The van der Waals surface area contributed by atoms with Crippen LogP contribution in [-0.4, -0.2) is 3.21 Å². The first kappa shape index (κ1) is 58.3. The summed E-state index contributed by atoms with van der Waals surface area (Å²) in [5.41, 5.74) is 14.1. The summed E-state index contributed by atoms with van der Waals surface area (Å²) in [6, 6.07) is 27.4. The van der Waals surface area contributed by atoms with Crippen molar-refractivity contribution in [2.75, 3.05) is 0 Å². The average Bonchev–Trinajstić information content (AvgIpc) is 3.77. The van der Waals surface area contributed by atoms with Gasteiger partial charge in [-0.1, -0.05) is 152 Å². The van der Waals surface area contributed by atoms with Crippen LogP contribution in [0.2, 0.25) is 0 Å². The minimum Gasteiger partial charge on any atom is -1.00 e. The average molecular weight is 1020 g/mol. The molecule has 5 aromatic rings. The maximum absolute atomic E-state index is 12.7. The second-order valence-corrected chi connectivity index (χ2v) is 23.5. The van der Waals surface area contributed by atoms with E-state index in [-0.39, 0.29) is 57.6 Å². The molecule has 0 unspecified atom stereocenters. The Balaban J connectivity index is 0.000000357. The van der Waals surface area contributed by atoms with E-state index in [2.05, 4.69) is 153 Å². The fourth-order valence-electron chi connectivity index (χ4n) is 7.90. The monoisotopic (exact) mass is 1010 g/mol. The Kier molecular flexibility index (Phi) is 19.0. The van der Waals surface area contributed by atoms with Gasteiger partial charge in [0.15, 0.2) is 0 Å². The fourth-order valence-corrected chi connectivity index (χ4v) is 8.66. The maximum Gasteiger partial charge on any atom is -1.00 e. The van der Waals surface area contributed by atoms with Crippen LogP contribution >= 0.6 is 0 Å². The molecular weight excluding hydrogens is 949 g/mol. The van der Waals surface area contributed by atoms with Crippen LogP contribution in [0.3, 0.4) is 0 Å². The molecule has 0 atom stereocenters. The summed E-state index contributed by atoms with van der Waals surface area (Å²) in [6.45, 7) is 37.0. The van der Waals surface area contributed by atoms with Gasteiger partial charge in [-0.15, -0.1) is 16.7 Å². The van der Waals surface area contributed by atoms with E-state index in [9.17, 15) is 26.3 Å². The normalized spacial score (nSPS) is 13.0. The van der Waals surface area contributed by atoms with Crippen LogP contribution in [0.1, 0.15) is 184 Å². The number of rotatable bonds is 4. The van der Waals surface area contributed by atoms with Gasteiger partial charge in [-0.05, 0) is 39.4 Å². The number of halogens is 8. The number of benzene rings is 4. The summed E-state index contributed by atoms with van der Waals surface area (Å²) in [7, 11) is 0. The zero-order valence-corrected chi connectivity index (χ0v) is 45.2. The molecule has 0 saturated heterocycles. The largest absolute Gasteiger partial charge is 1.00 e. The Morgan fingerprint density at radius 3 is 1.38 bits per heavy atom. The number of alkyl halides is 6. The van der Waals surface area contributed by atoms with Gasteiger partial charge in [0, 0.05) is 0 Å². The Morgan fingerprint density at radius 2 is 1.00 bits per heavy atom. The third-order valence-electron chi connectivity index (χ3n) is 11.4. The van der Waals surface area contributed by atoms with E-state index in [4.69, 9.17) is 0 Å². The van der Waals surface area contributed by atoms with Gasteiger partial charge in [0.2, 0.25) is 0 Å². The number of fused-ring (bicyclic) bond motifs is 3. The summed E-state index contributed by atoms with van der Waals surface area (Å²) in [5, 5.41) is 0. The first-order valence-electron chi connectivity index (χ1n) is 22.0. The van der Waals surface area contributed by atoms with Crippen LogP contribution in [0.4, 0.5) is 26.3 Å². The van der Waals surface area contributed by atoms with Gasteiger partial charge in [0.25, 0.3) is 0 Å². The molecule has 354 valence electrons. The molecule has 0 heterocycles. The van der Waals surface area contributed by atoms with E-state index >= 15 is 0 Å². The van der Waals surface area contributed by atoms with Crippen molar-refractivity contribution < 1.29 is 75.4 Å². The van der Waals surface area contributed by atoms with Gasteiger partial charge >= 0.3 is 137 Å². The molecule has 0 radical (unpaired) electrons. The number of hydrogen-bond acceptors (Lipinski definition) is 0. The molecule has 5 aromatic carbocycles. The van der Waals surface area contributed by atoms with E-state index in [1.807, 2.05) is 0 Å². The summed E-state index contributed by atoms with van der Waals surface area (Å²) >= 11 is 0.729.